The van der Waals surface area contributed by atoms with Crippen molar-refractivity contribution >= 4 is 23.3 Å². The van der Waals surface area contributed by atoms with Crippen molar-refractivity contribution in [1.29, 1.82) is 0 Å². The number of aromatic carboxylic acids is 1. The van der Waals surface area contributed by atoms with Gasteiger partial charge < -0.3 is 19.9 Å². The summed E-state index contributed by atoms with van der Waals surface area (Å²) in [6.45, 7) is 4.24. The summed E-state index contributed by atoms with van der Waals surface area (Å²) < 4.78 is 2.08. The number of carbonyl (C=O) groups is 1. The number of pyridine rings is 1. The van der Waals surface area contributed by atoms with Crippen LogP contribution in [0, 0.1) is 0 Å². The molecule has 2 aromatic heterocycles. The monoisotopic (exact) mass is 406 g/mol. The molecule has 0 radical (unpaired) electrons. The van der Waals surface area contributed by atoms with E-state index in [0.29, 0.717) is 5.11 Å². The summed E-state index contributed by atoms with van der Waals surface area (Å²) >= 11 is 5.66. The van der Waals surface area contributed by atoms with Gasteiger partial charge in [-0.3, -0.25) is 4.98 Å². The van der Waals surface area contributed by atoms with Crippen molar-refractivity contribution in [3.8, 4) is 5.69 Å². The first-order chi connectivity index (χ1) is 14.0. The second-order valence-electron chi connectivity index (χ2n) is 7.28. The van der Waals surface area contributed by atoms with Crippen LogP contribution in [0.1, 0.15) is 47.7 Å². The Morgan fingerprint density at radius 2 is 1.90 bits per heavy atom. The van der Waals surface area contributed by atoms with E-state index in [1.165, 1.54) is 0 Å². The minimum Gasteiger partial charge on any atom is -0.478 e. The van der Waals surface area contributed by atoms with Gasteiger partial charge in [-0.1, -0.05) is 6.07 Å². The summed E-state index contributed by atoms with van der Waals surface area (Å²) in [4.78, 5) is 17.9. The molecule has 0 amide bonds. The zero-order chi connectivity index (χ0) is 20.5. The number of aromatic nitrogens is 2. The lowest BCUT2D eigenvalue weighted by atomic mass is 10.0. The van der Waals surface area contributed by atoms with Crippen molar-refractivity contribution in [1.82, 2.24) is 19.8 Å². The van der Waals surface area contributed by atoms with Crippen LogP contribution in [-0.4, -0.2) is 36.7 Å². The lowest BCUT2D eigenvalue weighted by Crippen LogP contribution is -2.36. The number of rotatable bonds is 5. The first kappa shape index (κ1) is 19.1. The molecule has 7 heteroatoms. The van der Waals surface area contributed by atoms with Gasteiger partial charge in [-0.25, -0.2) is 4.79 Å². The van der Waals surface area contributed by atoms with Crippen LogP contribution in [0.4, 0.5) is 0 Å². The number of nitrogens with zero attached hydrogens (tertiary/aromatic N) is 3. The highest BCUT2D eigenvalue weighted by molar-refractivity contribution is 7.80. The van der Waals surface area contributed by atoms with E-state index in [2.05, 4.69) is 39.7 Å². The maximum absolute atomic E-state index is 11.2. The van der Waals surface area contributed by atoms with Crippen LogP contribution < -0.4 is 5.32 Å². The average molecular weight is 407 g/mol. The van der Waals surface area contributed by atoms with Crippen molar-refractivity contribution in [2.24, 2.45) is 0 Å². The Balaban J connectivity index is 1.80. The molecule has 0 spiro atoms. The molecule has 1 saturated heterocycles. The minimum absolute atomic E-state index is 0.0495. The van der Waals surface area contributed by atoms with E-state index in [9.17, 15) is 9.90 Å². The SMILES string of the molecule is CC(C)N1C(=S)N[C@@H](c2ccccn2)[C@@H]1c1cccn1-c1ccc(C(=O)O)cc1. The Kier molecular flexibility index (Phi) is 5.07. The van der Waals surface area contributed by atoms with Crippen LogP contribution in [0.25, 0.3) is 5.69 Å². The van der Waals surface area contributed by atoms with Crippen molar-refractivity contribution < 1.29 is 9.90 Å². The fourth-order valence-corrected chi connectivity index (χ4v) is 4.32. The number of hydrogen-bond donors (Lipinski definition) is 2. The third-order valence-electron chi connectivity index (χ3n) is 5.17. The van der Waals surface area contributed by atoms with Gasteiger partial charge in [0.2, 0.25) is 0 Å². The molecule has 2 atom stereocenters. The van der Waals surface area contributed by atoms with Crippen LogP contribution in [0.2, 0.25) is 0 Å². The minimum atomic E-state index is -0.934. The molecule has 4 rings (SSSR count). The number of carboxylic acid groups (broad SMARTS) is 1. The van der Waals surface area contributed by atoms with Gasteiger partial charge in [-0.15, -0.1) is 0 Å². The summed E-state index contributed by atoms with van der Waals surface area (Å²) in [6.07, 6.45) is 3.78. The van der Waals surface area contributed by atoms with Crippen molar-refractivity contribution in [2.45, 2.75) is 32.0 Å². The second kappa shape index (κ2) is 7.67. The third kappa shape index (κ3) is 3.49. The Morgan fingerprint density at radius 3 is 2.52 bits per heavy atom. The average Bonchev–Trinajstić information content (AvgIpc) is 3.32. The van der Waals surface area contributed by atoms with Crippen LogP contribution in [0.5, 0.6) is 0 Å². The van der Waals surface area contributed by atoms with E-state index >= 15 is 0 Å². The van der Waals surface area contributed by atoms with Gasteiger partial charge in [0.15, 0.2) is 5.11 Å². The Bertz CT molecular complexity index is 1030. The van der Waals surface area contributed by atoms with Gasteiger partial charge in [0, 0.05) is 29.8 Å². The summed E-state index contributed by atoms with van der Waals surface area (Å²) in [5.74, 6) is -0.934. The Morgan fingerprint density at radius 1 is 1.14 bits per heavy atom. The number of nitrogens with one attached hydrogen (secondary N) is 1. The normalized spacial score (nSPS) is 18.9. The molecule has 1 aliphatic heterocycles. The maximum atomic E-state index is 11.2. The topological polar surface area (TPSA) is 70.4 Å². The van der Waals surface area contributed by atoms with Crippen LogP contribution in [0.3, 0.4) is 0 Å². The van der Waals surface area contributed by atoms with E-state index in [1.54, 1.807) is 18.3 Å². The third-order valence-corrected chi connectivity index (χ3v) is 5.50. The molecule has 3 heterocycles. The van der Waals surface area contributed by atoms with Gasteiger partial charge in [0.25, 0.3) is 0 Å². The molecule has 6 nitrogen and oxygen atoms in total. The molecule has 1 aromatic carbocycles. The lowest BCUT2D eigenvalue weighted by Gasteiger charge is -2.31. The fraction of sp³-hybridized carbons (Fsp3) is 0.227. The quantitative estimate of drug-likeness (QED) is 0.625. The molecule has 0 aliphatic carbocycles. The van der Waals surface area contributed by atoms with Gasteiger partial charge in [0.1, 0.15) is 0 Å². The molecule has 29 heavy (non-hydrogen) atoms. The molecule has 0 saturated carbocycles. The van der Waals surface area contributed by atoms with Crippen molar-refractivity contribution in [3.05, 3.63) is 83.9 Å². The van der Waals surface area contributed by atoms with Gasteiger partial charge in [0.05, 0.1) is 23.3 Å². The second-order valence-corrected chi connectivity index (χ2v) is 7.67. The summed E-state index contributed by atoms with van der Waals surface area (Å²) in [7, 11) is 0. The largest absolute Gasteiger partial charge is 0.478 e. The lowest BCUT2D eigenvalue weighted by molar-refractivity contribution is 0.0697. The standard InChI is InChI=1S/C22H22N4O2S/c1-14(2)26-20(19(24-22(26)29)17-6-3-4-12-23-17)18-7-5-13-25(18)16-10-8-15(9-11-16)21(27)28/h3-14,19-20H,1-2H3,(H,24,29)(H,27,28)/t19-,20-/m0/s1. The van der Waals surface area contributed by atoms with Crippen molar-refractivity contribution in [3.63, 3.8) is 0 Å². The molecular formula is C22H22N4O2S. The summed E-state index contributed by atoms with van der Waals surface area (Å²) in [5, 5.41) is 13.3. The Labute approximate surface area is 174 Å². The van der Waals surface area contributed by atoms with Gasteiger partial charge in [-0.05, 0) is 74.6 Å². The number of benzene rings is 1. The van der Waals surface area contributed by atoms with Crippen LogP contribution in [-0.2, 0) is 0 Å². The van der Waals surface area contributed by atoms with Gasteiger partial charge >= 0.3 is 5.97 Å². The molecule has 2 N–H and O–H groups in total. The number of hydrogen-bond acceptors (Lipinski definition) is 3. The van der Waals surface area contributed by atoms with E-state index in [1.807, 2.05) is 42.6 Å². The van der Waals surface area contributed by atoms with Crippen molar-refractivity contribution in [2.75, 3.05) is 0 Å². The first-order valence-corrected chi connectivity index (χ1v) is 9.89. The van der Waals surface area contributed by atoms with E-state index < -0.39 is 5.97 Å². The zero-order valence-corrected chi connectivity index (χ0v) is 17.0. The zero-order valence-electron chi connectivity index (χ0n) is 16.2. The maximum Gasteiger partial charge on any atom is 0.335 e. The van der Waals surface area contributed by atoms with Gasteiger partial charge in [-0.2, -0.15) is 0 Å². The highest BCUT2D eigenvalue weighted by atomic mass is 32.1. The predicted molar refractivity (Wildman–Crippen MR) is 115 cm³/mol. The predicted octanol–water partition coefficient (Wildman–Crippen LogP) is 3.95. The Hall–Kier alpha value is -3.19. The van der Waals surface area contributed by atoms with E-state index in [4.69, 9.17) is 12.2 Å². The van der Waals surface area contributed by atoms with E-state index in [0.717, 1.165) is 17.1 Å². The fourth-order valence-electron chi connectivity index (χ4n) is 3.87. The number of carboxylic acids is 1. The summed E-state index contributed by atoms with van der Waals surface area (Å²) in [6, 6.07) is 16.9. The smallest absolute Gasteiger partial charge is 0.335 e. The molecule has 148 valence electrons. The van der Waals surface area contributed by atoms with E-state index in [-0.39, 0.29) is 23.7 Å². The molecule has 0 unspecified atom stereocenters. The molecule has 0 bridgehead atoms. The highest BCUT2D eigenvalue weighted by Crippen LogP contribution is 2.40. The molecule has 1 aliphatic rings. The molecule has 1 fully saturated rings. The molecular weight excluding hydrogens is 384 g/mol. The van der Waals surface area contributed by atoms with Crippen LogP contribution >= 0.6 is 12.2 Å². The highest BCUT2D eigenvalue weighted by Gasteiger charge is 2.42. The first-order valence-electron chi connectivity index (χ1n) is 9.48. The summed E-state index contributed by atoms with van der Waals surface area (Å²) in [5.41, 5.74) is 3.15. The van der Waals surface area contributed by atoms with Crippen LogP contribution in [0.15, 0.2) is 67.0 Å². The number of thiocarbonyl (C=S) groups is 1. The molecule has 3 aromatic rings.